The minimum Gasteiger partial charge on any atom is -0.338 e. The fourth-order valence-electron chi connectivity index (χ4n) is 2.03. The predicted octanol–water partition coefficient (Wildman–Crippen LogP) is 3.12. The zero-order chi connectivity index (χ0) is 13.1. The quantitative estimate of drug-likeness (QED) is 0.943. The molecule has 1 unspecified atom stereocenters. The molecule has 0 bridgehead atoms. The summed E-state index contributed by atoms with van der Waals surface area (Å²) in [6, 6.07) is 6.26. The molecular formula is C14H18BrN3. The average Bonchev–Trinajstić information content (AvgIpc) is 2.75. The Morgan fingerprint density at radius 2 is 2.22 bits per heavy atom. The lowest BCUT2D eigenvalue weighted by Gasteiger charge is -2.15. The van der Waals surface area contributed by atoms with Gasteiger partial charge in [-0.25, -0.2) is 4.98 Å². The molecule has 0 saturated heterocycles. The maximum atomic E-state index is 6.26. The van der Waals surface area contributed by atoms with Crippen molar-refractivity contribution in [3.05, 3.63) is 52.0 Å². The number of hydrogen-bond donors (Lipinski definition) is 1. The molecule has 18 heavy (non-hydrogen) atoms. The van der Waals surface area contributed by atoms with Crippen molar-refractivity contribution in [2.45, 2.75) is 25.8 Å². The van der Waals surface area contributed by atoms with Crippen molar-refractivity contribution in [1.82, 2.24) is 9.55 Å². The minimum atomic E-state index is 0.0379. The summed E-state index contributed by atoms with van der Waals surface area (Å²) in [5.41, 5.74) is 8.66. The summed E-state index contributed by atoms with van der Waals surface area (Å²) in [5, 5.41) is 0. The molecule has 1 heterocycles. The Hall–Kier alpha value is -1.13. The fraction of sp³-hybridized carbons (Fsp3) is 0.357. The standard InChI is InChI=1S/C14H18BrN3/c1-10-4-3-5-11(14(10)15)12(16)6-7-13-17-8-9-18(13)2/h3-5,8-9,12H,6-7,16H2,1-2H3. The van der Waals surface area contributed by atoms with E-state index < -0.39 is 0 Å². The number of imidazole rings is 1. The Morgan fingerprint density at radius 1 is 1.44 bits per heavy atom. The molecule has 1 aromatic carbocycles. The number of benzene rings is 1. The molecule has 3 nitrogen and oxygen atoms in total. The SMILES string of the molecule is Cc1cccc(C(N)CCc2nccn2C)c1Br. The highest BCUT2D eigenvalue weighted by atomic mass is 79.9. The van der Waals surface area contributed by atoms with Crippen molar-refractivity contribution >= 4 is 15.9 Å². The third-order valence-electron chi connectivity index (χ3n) is 3.22. The first kappa shape index (κ1) is 13.3. The van der Waals surface area contributed by atoms with E-state index in [1.807, 2.05) is 24.0 Å². The Kier molecular flexibility index (Phi) is 4.19. The van der Waals surface area contributed by atoms with E-state index in [2.05, 4.69) is 46.0 Å². The lowest BCUT2D eigenvalue weighted by atomic mass is 10.0. The molecule has 0 aliphatic rings. The van der Waals surface area contributed by atoms with Crippen LogP contribution in [0.5, 0.6) is 0 Å². The number of rotatable bonds is 4. The van der Waals surface area contributed by atoms with Gasteiger partial charge in [0.1, 0.15) is 5.82 Å². The Labute approximate surface area is 116 Å². The van der Waals surface area contributed by atoms with E-state index in [4.69, 9.17) is 5.73 Å². The first-order valence-electron chi connectivity index (χ1n) is 6.06. The van der Waals surface area contributed by atoms with Crippen LogP contribution in [-0.2, 0) is 13.5 Å². The number of hydrogen-bond acceptors (Lipinski definition) is 2. The molecule has 2 rings (SSSR count). The second-order valence-corrected chi connectivity index (χ2v) is 5.37. The average molecular weight is 308 g/mol. The molecule has 0 saturated carbocycles. The molecule has 0 radical (unpaired) electrons. The molecular weight excluding hydrogens is 290 g/mol. The molecule has 0 aliphatic carbocycles. The van der Waals surface area contributed by atoms with E-state index in [0.717, 1.165) is 23.1 Å². The second-order valence-electron chi connectivity index (χ2n) is 4.58. The van der Waals surface area contributed by atoms with E-state index in [0.29, 0.717) is 0 Å². The Morgan fingerprint density at radius 3 is 2.89 bits per heavy atom. The maximum absolute atomic E-state index is 6.26. The predicted molar refractivity (Wildman–Crippen MR) is 77.3 cm³/mol. The van der Waals surface area contributed by atoms with Crippen LogP contribution < -0.4 is 5.73 Å². The molecule has 0 fully saturated rings. The highest BCUT2D eigenvalue weighted by Gasteiger charge is 2.12. The highest BCUT2D eigenvalue weighted by molar-refractivity contribution is 9.10. The number of aromatic nitrogens is 2. The van der Waals surface area contributed by atoms with Crippen molar-refractivity contribution in [1.29, 1.82) is 0 Å². The van der Waals surface area contributed by atoms with Crippen LogP contribution in [-0.4, -0.2) is 9.55 Å². The van der Waals surface area contributed by atoms with Gasteiger partial charge < -0.3 is 10.3 Å². The fourth-order valence-corrected chi connectivity index (χ4v) is 2.59. The van der Waals surface area contributed by atoms with Gasteiger partial charge in [-0.1, -0.05) is 34.1 Å². The van der Waals surface area contributed by atoms with Crippen molar-refractivity contribution < 1.29 is 0 Å². The van der Waals surface area contributed by atoms with E-state index in [1.54, 1.807) is 0 Å². The highest BCUT2D eigenvalue weighted by Crippen LogP contribution is 2.27. The topological polar surface area (TPSA) is 43.8 Å². The van der Waals surface area contributed by atoms with Gasteiger partial charge in [0.05, 0.1) is 0 Å². The molecule has 0 aliphatic heterocycles. The van der Waals surface area contributed by atoms with Crippen molar-refractivity contribution in [2.24, 2.45) is 12.8 Å². The molecule has 1 aromatic heterocycles. The summed E-state index contributed by atoms with van der Waals surface area (Å²) in [6.45, 7) is 2.08. The zero-order valence-electron chi connectivity index (χ0n) is 10.7. The van der Waals surface area contributed by atoms with Crippen LogP contribution in [0.4, 0.5) is 0 Å². The third kappa shape index (κ3) is 2.82. The molecule has 4 heteroatoms. The van der Waals surface area contributed by atoms with Gasteiger partial charge in [0, 0.05) is 36.4 Å². The lowest BCUT2D eigenvalue weighted by molar-refractivity contribution is 0.618. The zero-order valence-corrected chi connectivity index (χ0v) is 12.3. The van der Waals surface area contributed by atoms with E-state index in [9.17, 15) is 0 Å². The molecule has 0 amide bonds. The summed E-state index contributed by atoms with van der Waals surface area (Å²) in [4.78, 5) is 4.32. The monoisotopic (exact) mass is 307 g/mol. The summed E-state index contributed by atoms with van der Waals surface area (Å²) in [6.07, 6.45) is 5.57. The van der Waals surface area contributed by atoms with Crippen molar-refractivity contribution in [2.75, 3.05) is 0 Å². The molecule has 1 atom stereocenters. The van der Waals surface area contributed by atoms with Gasteiger partial charge in [-0.05, 0) is 24.5 Å². The lowest BCUT2D eigenvalue weighted by Crippen LogP contribution is -2.13. The van der Waals surface area contributed by atoms with Crippen LogP contribution in [0.1, 0.15) is 29.4 Å². The minimum absolute atomic E-state index is 0.0379. The van der Waals surface area contributed by atoms with Gasteiger partial charge in [-0.3, -0.25) is 0 Å². The van der Waals surface area contributed by atoms with Crippen LogP contribution in [0.2, 0.25) is 0 Å². The van der Waals surface area contributed by atoms with Gasteiger partial charge >= 0.3 is 0 Å². The summed E-state index contributed by atoms with van der Waals surface area (Å²) in [5.74, 6) is 1.08. The van der Waals surface area contributed by atoms with E-state index >= 15 is 0 Å². The summed E-state index contributed by atoms with van der Waals surface area (Å²) < 4.78 is 3.16. The maximum Gasteiger partial charge on any atom is 0.108 e. The number of aryl methyl sites for hydroxylation is 3. The Balaban J connectivity index is 2.06. The second kappa shape index (κ2) is 5.67. The van der Waals surface area contributed by atoms with E-state index in [1.165, 1.54) is 11.1 Å². The van der Waals surface area contributed by atoms with Crippen LogP contribution in [0, 0.1) is 6.92 Å². The van der Waals surface area contributed by atoms with Crippen molar-refractivity contribution in [3.63, 3.8) is 0 Å². The van der Waals surface area contributed by atoms with Gasteiger partial charge in [-0.2, -0.15) is 0 Å². The summed E-state index contributed by atoms with van der Waals surface area (Å²) >= 11 is 3.61. The Bertz CT molecular complexity index is 534. The smallest absolute Gasteiger partial charge is 0.108 e. The van der Waals surface area contributed by atoms with Crippen LogP contribution in [0.3, 0.4) is 0 Å². The molecule has 0 spiro atoms. The summed E-state index contributed by atoms with van der Waals surface area (Å²) in [7, 11) is 2.01. The molecule has 2 aromatic rings. The number of nitrogens with zero attached hydrogens (tertiary/aromatic N) is 2. The van der Waals surface area contributed by atoms with Crippen LogP contribution in [0.15, 0.2) is 35.1 Å². The number of halogens is 1. The number of nitrogens with two attached hydrogens (primary N) is 1. The largest absolute Gasteiger partial charge is 0.338 e. The molecule has 96 valence electrons. The first-order chi connectivity index (χ1) is 8.59. The van der Waals surface area contributed by atoms with E-state index in [-0.39, 0.29) is 6.04 Å². The van der Waals surface area contributed by atoms with Crippen LogP contribution in [0.25, 0.3) is 0 Å². The van der Waals surface area contributed by atoms with Gasteiger partial charge in [0.2, 0.25) is 0 Å². The normalized spacial score (nSPS) is 12.7. The third-order valence-corrected chi connectivity index (χ3v) is 4.30. The molecule has 2 N–H and O–H groups in total. The van der Waals surface area contributed by atoms with Crippen LogP contribution >= 0.6 is 15.9 Å². The van der Waals surface area contributed by atoms with Crippen molar-refractivity contribution in [3.8, 4) is 0 Å². The van der Waals surface area contributed by atoms with Gasteiger partial charge in [-0.15, -0.1) is 0 Å². The van der Waals surface area contributed by atoms with Gasteiger partial charge in [0.15, 0.2) is 0 Å². The first-order valence-corrected chi connectivity index (χ1v) is 6.85. The van der Waals surface area contributed by atoms with Gasteiger partial charge in [0.25, 0.3) is 0 Å².